The average molecular weight is 349 g/mol. The van der Waals surface area contributed by atoms with E-state index in [9.17, 15) is 14.4 Å². The first-order valence-electron chi connectivity index (χ1n) is 8.58. The molecular formula is C17H23N3O3S. The molecule has 1 aliphatic heterocycles. The van der Waals surface area contributed by atoms with Crippen molar-refractivity contribution >= 4 is 34.2 Å². The lowest BCUT2D eigenvalue weighted by atomic mass is 9.81. The van der Waals surface area contributed by atoms with E-state index in [4.69, 9.17) is 0 Å². The molecule has 2 unspecified atom stereocenters. The Morgan fingerprint density at radius 3 is 2.46 bits per heavy atom. The van der Waals surface area contributed by atoms with Crippen molar-refractivity contribution in [2.45, 2.75) is 51.9 Å². The van der Waals surface area contributed by atoms with Crippen molar-refractivity contribution in [1.29, 1.82) is 0 Å². The predicted octanol–water partition coefficient (Wildman–Crippen LogP) is 2.77. The van der Waals surface area contributed by atoms with Crippen molar-refractivity contribution in [3.8, 4) is 0 Å². The molecule has 1 aromatic heterocycles. The molecule has 0 aromatic carbocycles. The lowest BCUT2D eigenvalue weighted by Crippen LogP contribution is -2.34. The summed E-state index contributed by atoms with van der Waals surface area (Å²) in [4.78, 5) is 42.5. The number of amides is 3. The van der Waals surface area contributed by atoms with Gasteiger partial charge in [0.15, 0.2) is 5.13 Å². The zero-order valence-electron chi connectivity index (χ0n) is 14.1. The third-order valence-electron chi connectivity index (χ3n) is 4.85. The summed E-state index contributed by atoms with van der Waals surface area (Å²) in [7, 11) is 0. The number of carbonyl (C=O) groups is 3. The summed E-state index contributed by atoms with van der Waals surface area (Å²) in [5.41, 5.74) is 0.948. The third kappa shape index (κ3) is 3.36. The summed E-state index contributed by atoms with van der Waals surface area (Å²) in [6.45, 7) is 4.26. The molecule has 24 heavy (non-hydrogen) atoms. The van der Waals surface area contributed by atoms with E-state index in [1.165, 1.54) is 16.2 Å². The fourth-order valence-corrected chi connectivity index (χ4v) is 4.34. The number of rotatable bonds is 5. The second-order valence-corrected chi connectivity index (χ2v) is 7.71. The second kappa shape index (κ2) is 7.01. The highest BCUT2D eigenvalue weighted by Crippen LogP contribution is 2.38. The number of likely N-dealkylation sites (tertiary alicyclic amines) is 1. The highest BCUT2D eigenvalue weighted by molar-refractivity contribution is 7.13. The van der Waals surface area contributed by atoms with E-state index in [0.29, 0.717) is 11.0 Å². The van der Waals surface area contributed by atoms with Crippen LogP contribution in [0.3, 0.4) is 0 Å². The number of thiazole rings is 1. The van der Waals surface area contributed by atoms with E-state index < -0.39 is 0 Å². The molecule has 2 fully saturated rings. The Labute approximate surface area is 145 Å². The first-order chi connectivity index (χ1) is 11.5. The van der Waals surface area contributed by atoms with Crippen molar-refractivity contribution in [3.63, 3.8) is 0 Å². The van der Waals surface area contributed by atoms with Crippen LogP contribution in [0.5, 0.6) is 0 Å². The molecule has 3 rings (SSSR count). The van der Waals surface area contributed by atoms with Gasteiger partial charge < -0.3 is 5.32 Å². The molecule has 6 nitrogen and oxygen atoms in total. The summed E-state index contributed by atoms with van der Waals surface area (Å²) in [5.74, 6) is -0.378. The summed E-state index contributed by atoms with van der Waals surface area (Å²) in [5, 5.41) is 5.25. The highest BCUT2D eigenvalue weighted by Gasteiger charge is 2.47. The smallest absolute Gasteiger partial charge is 0.233 e. The maximum Gasteiger partial charge on any atom is 0.233 e. The van der Waals surface area contributed by atoms with Crippen molar-refractivity contribution < 1.29 is 14.4 Å². The minimum absolute atomic E-state index is 0.0890. The molecule has 1 saturated heterocycles. The standard InChI is InChI=1S/C17H23N3O3S/c1-10(2)13-9-24-17(18-13)19-14(21)7-8-20-15(22)11-5-3-4-6-12(11)16(20)23/h9-12H,3-8H2,1-2H3,(H,18,19,21). The molecule has 1 aromatic rings. The van der Waals surface area contributed by atoms with Gasteiger partial charge >= 0.3 is 0 Å². The number of nitrogens with one attached hydrogen (secondary N) is 1. The lowest BCUT2D eigenvalue weighted by molar-refractivity contribution is -0.140. The Hall–Kier alpha value is -1.76. The monoisotopic (exact) mass is 349 g/mol. The normalized spacial score (nSPS) is 23.7. The van der Waals surface area contributed by atoms with Gasteiger partial charge in [0.1, 0.15) is 0 Å². The van der Waals surface area contributed by atoms with Gasteiger partial charge in [-0.25, -0.2) is 4.98 Å². The third-order valence-corrected chi connectivity index (χ3v) is 5.63. The molecule has 1 saturated carbocycles. The average Bonchev–Trinajstić information content (AvgIpc) is 3.11. The molecule has 2 atom stereocenters. The second-order valence-electron chi connectivity index (χ2n) is 6.86. The fourth-order valence-electron chi connectivity index (χ4n) is 3.46. The number of hydrogen-bond acceptors (Lipinski definition) is 5. The van der Waals surface area contributed by atoms with E-state index >= 15 is 0 Å². The zero-order chi connectivity index (χ0) is 17.3. The molecule has 0 bridgehead atoms. The minimum Gasteiger partial charge on any atom is -0.302 e. The molecule has 2 heterocycles. The van der Waals surface area contributed by atoms with Crippen LogP contribution in [0.4, 0.5) is 5.13 Å². The number of aromatic nitrogens is 1. The Morgan fingerprint density at radius 2 is 1.92 bits per heavy atom. The Bertz CT molecular complexity index is 631. The number of anilines is 1. The van der Waals surface area contributed by atoms with Crippen LogP contribution in [0, 0.1) is 11.8 Å². The van der Waals surface area contributed by atoms with Crippen LogP contribution in [0.25, 0.3) is 0 Å². The van der Waals surface area contributed by atoms with Gasteiger partial charge in [-0.15, -0.1) is 11.3 Å². The molecule has 1 N–H and O–H groups in total. The largest absolute Gasteiger partial charge is 0.302 e. The van der Waals surface area contributed by atoms with Crippen molar-refractivity contribution in [2.75, 3.05) is 11.9 Å². The van der Waals surface area contributed by atoms with Crippen molar-refractivity contribution in [2.24, 2.45) is 11.8 Å². The van der Waals surface area contributed by atoms with E-state index in [2.05, 4.69) is 10.3 Å². The van der Waals surface area contributed by atoms with Crippen LogP contribution in [0.2, 0.25) is 0 Å². The van der Waals surface area contributed by atoms with Crippen LogP contribution in [0.15, 0.2) is 5.38 Å². The van der Waals surface area contributed by atoms with E-state index in [-0.39, 0.29) is 42.5 Å². The van der Waals surface area contributed by atoms with Gasteiger partial charge in [0, 0.05) is 18.3 Å². The summed E-state index contributed by atoms with van der Waals surface area (Å²) >= 11 is 1.39. The maximum absolute atomic E-state index is 12.4. The van der Waals surface area contributed by atoms with Crippen LogP contribution in [-0.4, -0.2) is 34.2 Å². The Balaban J connectivity index is 1.54. The molecule has 0 radical (unpaired) electrons. The molecule has 2 aliphatic rings. The van der Waals surface area contributed by atoms with Crippen LogP contribution < -0.4 is 5.32 Å². The van der Waals surface area contributed by atoms with Gasteiger partial charge in [0.25, 0.3) is 0 Å². The van der Waals surface area contributed by atoms with Gasteiger partial charge in [-0.1, -0.05) is 26.7 Å². The molecular weight excluding hydrogens is 326 g/mol. The summed E-state index contributed by atoms with van der Waals surface area (Å²) < 4.78 is 0. The number of fused-ring (bicyclic) bond motifs is 1. The maximum atomic E-state index is 12.4. The first kappa shape index (κ1) is 17.1. The number of carbonyl (C=O) groups excluding carboxylic acids is 3. The van der Waals surface area contributed by atoms with E-state index in [0.717, 1.165) is 31.4 Å². The SMILES string of the molecule is CC(C)c1csc(NC(=O)CCN2C(=O)C3CCCCC3C2=O)n1. The number of nitrogens with zero attached hydrogens (tertiary/aromatic N) is 2. The van der Waals surface area contributed by atoms with Crippen LogP contribution in [-0.2, 0) is 14.4 Å². The van der Waals surface area contributed by atoms with Gasteiger partial charge in [0.05, 0.1) is 17.5 Å². The highest BCUT2D eigenvalue weighted by atomic mass is 32.1. The minimum atomic E-state index is -0.213. The summed E-state index contributed by atoms with van der Waals surface area (Å²) in [6.07, 6.45) is 3.74. The predicted molar refractivity (Wildman–Crippen MR) is 91.6 cm³/mol. The van der Waals surface area contributed by atoms with E-state index in [1.54, 1.807) is 0 Å². The van der Waals surface area contributed by atoms with Crippen molar-refractivity contribution in [3.05, 3.63) is 11.1 Å². The van der Waals surface area contributed by atoms with Gasteiger partial charge in [-0.05, 0) is 18.8 Å². The van der Waals surface area contributed by atoms with Gasteiger partial charge in [-0.2, -0.15) is 0 Å². The van der Waals surface area contributed by atoms with Gasteiger partial charge in [-0.3, -0.25) is 19.3 Å². The number of hydrogen-bond donors (Lipinski definition) is 1. The first-order valence-corrected chi connectivity index (χ1v) is 9.46. The van der Waals surface area contributed by atoms with Gasteiger partial charge in [0.2, 0.25) is 17.7 Å². The topological polar surface area (TPSA) is 79.4 Å². The molecule has 130 valence electrons. The zero-order valence-corrected chi connectivity index (χ0v) is 14.9. The Kier molecular flexibility index (Phi) is 4.99. The molecule has 0 spiro atoms. The van der Waals surface area contributed by atoms with Crippen LogP contribution >= 0.6 is 11.3 Å². The van der Waals surface area contributed by atoms with Crippen molar-refractivity contribution in [1.82, 2.24) is 9.88 Å². The van der Waals surface area contributed by atoms with E-state index in [1.807, 2.05) is 19.2 Å². The van der Waals surface area contributed by atoms with Crippen LogP contribution in [0.1, 0.15) is 57.6 Å². The fraction of sp³-hybridized carbons (Fsp3) is 0.647. The quantitative estimate of drug-likeness (QED) is 0.829. The lowest BCUT2D eigenvalue weighted by Gasteiger charge is -2.19. The summed E-state index contributed by atoms with van der Waals surface area (Å²) in [6, 6.07) is 0. The molecule has 1 aliphatic carbocycles. The number of imide groups is 1. The molecule has 3 amide bonds. The molecule has 7 heteroatoms. The Morgan fingerprint density at radius 1 is 1.29 bits per heavy atom.